The number of aliphatic hydroxyl groups is 4. The van der Waals surface area contributed by atoms with E-state index in [-0.39, 0.29) is 0 Å². The minimum atomic E-state index is -1.44. The molecule has 12 heavy (non-hydrogen) atoms. The molecule has 0 aromatic carbocycles. The molecule has 0 heterocycles. The van der Waals surface area contributed by atoms with Gasteiger partial charge in [0.25, 0.3) is 0 Å². The van der Waals surface area contributed by atoms with E-state index in [1.54, 1.807) is 0 Å². The van der Waals surface area contributed by atoms with Gasteiger partial charge in [0.1, 0.15) is 18.3 Å². The van der Waals surface area contributed by atoms with Crippen LogP contribution in [0.3, 0.4) is 0 Å². The van der Waals surface area contributed by atoms with E-state index in [1.807, 2.05) is 0 Å². The third kappa shape index (κ3) is 3.51. The van der Waals surface area contributed by atoms with Gasteiger partial charge in [-0.3, -0.25) is 0 Å². The molecule has 0 saturated carbocycles. The van der Waals surface area contributed by atoms with Gasteiger partial charge in [-0.05, 0) is 6.92 Å². The Morgan fingerprint density at radius 2 is 1.25 bits per heavy atom. The Hall–Kier alpha value is 0.540. The highest BCUT2D eigenvalue weighted by Crippen LogP contribution is 2.14. The number of aliphatic hydroxyl groups excluding tert-OH is 4. The second-order valence-corrected chi connectivity index (χ2v) is 4.15. The summed E-state index contributed by atoms with van der Waals surface area (Å²) in [7, 11) is 0. The van der Waals surface area contributed by atoms with Crippen LogP contribution in [0.5, 0.6) is 0 Å². The molecular weight excluding hydrogens is 200 g/mol. The maximum atomic E-state index is 9.17. The van der Waals surface area contributed by atoms with Crippen LogP contribution in [-0.2, 0) is 0 Å². The first-order valence-corrected chi connectivity index (χ1v) is 4.49. The summed E-state index contributed by atoms with van der Waals surface area (Å²) in [4.78, 5) is 0. The monoisotopic (exact) mass is 214 g/mol. The normalized spacial score (nSPS) is 22.0. The lowest BCUT2D eigenvalue weighted by Gasteiger charge is -2.26. The second-order valence-electron chi connectivity index (χ2n) is 2.63. The summed E-state index contributed by atoms with van der Waals surface area (Å²) in [6.45, 7) is 1.31. The molecule has 0 radical (unpaired) electrons. The average Bonchev–Trinajstić information content (AvgIpc) is 2.00. The highest BCUT2D eigenvalue weighted by atomic mass is 32.2. The zero-order valence-electron chi connectivity index (χ0n) is 6.57. The molecule has 0 aliphatic heterocycles. The molecular formula is C6H14O4S2. The maximum Gasteiger partial charge on any atom is 0.110 e. The fourth-order valence-corrected chi connectivity index (χ4v) is 1.02. The highest BCUT2D eigenvalue weighted by Gasteiger charge is 2.30. The predicted molar refractivity (Wildman–Crippen MR) is 51.5 cm³/mol. The number of hydrogen-bond acceptors (Lipinski definition) is 6. The molecule has 0 saturated heterocycles. The lowest BCUT2D eigenvalue weighted by molar-refractivity contribution is -0.0950. The van der Waals surface area contributed by atoms with Crippen LogP contribution >= 0.6 is 25.3 Å². The van der Waals surface area contributed by atoms with Gasteiger partial charge in [-0.15, -0.1) is 0 Å². The van der Waals surface area contributed by atoms with E-state index >= 15 is 0 Å². The third-order valence-electron chi connectivity index (χ3n) is 1.50. The van der Waals surface area contributed by atoms with Crippen molar-refractivity contribution in [3.8, 4) is 0 Å². The molecule has 0 bridgehead atoms. The summed E-state index contributed by atoms with van der Waals surface area (Å²) < 4.78 is -0.756. The van der Waals surface area contributed by atoms with Crippen LogP contribution in [0.25, 0.3) is 0 Å². The summed E-state index contributed by atoms with van der Waals surface area (Å²) in [6, 6.07) is 0. The summed E-state index contributed by atoms with van der Waals surface area (Å²) in [6.07, 6.45) is -5.21. The molecule has 4 N–H and O–H groups in total. The van der Waals surface area contributed by atoms with Crippen molar-refractivity contribution in [2.24, 2.45) is 0 Å². The molecule has 0 aliphatic carbocycles. The largest absolute Gasteiger partial charge is 0.391 e. The molecule has 0 amide bonds. The first-order valence-electron chi connectivity index (χ1n) is 3.46. The standard InChI is InChI=1S/C6H14O4S2/c1-2(7)3(8)4(9)5(10)6(11)12/h2-12H,1H3/t2?,3-,4+,5?/m0/s1. The zero-order chi connectivity index (χ0) is 9.89. The number of rotatable bonds is 4. The van der Waals surface area contributed by atoms with Gasteiger partial charge in [-0.1, -0.05) is 0 Å². The third-order valence-corrected chi connectivity index (χ3v) is 2.11. The second kappa shape index (κ2) is 5.31. The van der Waals surface area contributed by atoms with Crippen molar-refractivity contribution < 1.29 is 20.4 Å². The van der Waals surface area contributed by atoms with E-state index < -0.39 is 29.0 Å². The van der Waals surface area contributed by atoms with Gasteiger partial charge in [0.15, 0.2) is 0 Å². The van der Waals surface area contributed by atoms with E-state index in [0.717, 1.165) is 0 Å². The summed E-state index contributed by atoms with van der Waals surface area (Å²) in [5.74, 6) is 0. The van der Waals surface area contributed by atoms with Crippen LogP contribution in [0.2, 0.25) is 0 Å². The topological polar surface area (TPSA) is 80.9 Å². The Balaban J connectivity index is 4.08. The molecule has 0 aromatic rings. The Morgan fingerprint density at radius 3 is 1.50 bits per heavy atom. The quantitative estimate of drug-likeness (QED) is 0.258. The van der Waals surface area contributed by atoms with Gasteiger partial charge in [0.2, 0.25) is 0 Å². The van der Waals surface area contributed by atoms with E-state index in [4.69, 9.17) is 20.4 Å². The van der Waals surface area contributed by atoms with Crippen LogP contribution in [0.1, 0.15) is 6.92 Å². The van der Waals surface area contributed by atoms with Crippen molar-refractivity contribution in [2.45, 2.75) is 35.9 Å². The SMILES string of the molecule is CC(O)[C@H](O)[C@@H](O)C(O)C(S)S. The molecule has 4 atom stereocenters. The summed E-state index contributed by atoms with van der Waals surface area (Å²) >= 11 is 7.51. The van der Waals surface area contributed by atoms with Crippen LogP contribution in [0, 0.1) is 0 Å². The molecule has 0 aromatic heterocycles. The van der Waals surface area contributed by atoms with E-state index in [9.17, 15) is 0 Å². The Bertz CT molecular complexity index is 117. The van der Waals surface area contributed by atoms with Crippen molar-refractivity contribution in [1.29, 1.82) is 0 Å². The van der Waals surface area contributed by atoms with Crippen molar-refractivity contribution in [1.82, 2.24) is 0 Å². The molecule has 6 heteroatoms. The number of thiol groups is 2. The van der Waals surface area contributed by atoms with Gasteiger partial charge in [-0.2, -0.15) is 25.3 Å². The molecule has 0 rings (SSSR count). The van der Waals surface area contributed by atoms with Gasteiger partial charge in [-0.25, -0.2) is 0 Å². The molecule has 0 spiro atoms. The van der Waals surface area contributed by atoms with E-state index in [1.165, 1.54) is 6.92 Å². The smallest absolute Gasteiger partial charge is 0.110 e. The van der Waals surface area contributed by atoms with Gasteiger partial charge >= 0.3 is 0 Å². The Labute approximate surface area is 82.1 Å². The summed E-state index contributed by atoms with van der Waals surface area (Å²) in [5.41, 5.74) is 0. The van der Waals surface area contributed by atoms with Crippen LogP contribution in [0.15, 0.2) is 0 Å². The first-order chi connectivity index (χ1) is 5.37. The molecule has 4 nitrogen and oxygen atoms in total. The Morgan fingerprint density at radius 1 is 0.833 bits per heavy atom. The summed E-state index contributed by atoms with van der Waals surface area (Å²) in [5, 5.41) is 36.2. The van der Waals surface area contributed by atoms with Crippen molar-refractivity contribution in [3.63, 3.8) is 0 Å². The van der Waals surface area contributed by atoms with E-state index in [0.29, 0.717) is 0 Å². The maximum absolute atomic E-state index is 9.17. The minimum Gasteiger partial charge on any atom is -0.391 e. The first kappa shape index (κ1) is 12.5. The lowest BCUT2D eigenvalue weighted by Crippen LogP contribution is -2.45. The van der Waals surface area contributed by atoms with Crippen LogP contribution in [-0.4, -0.2) is 49.4 Å². The number of hydrogen-bond donors (Lipinski definition) is 6. The predicted octanol–water partition coefficient (Wildman–Crippen LogP) is -1.36. The van der Waals surface area contributed by atoms with Crippen LogP contribution in [0.4, 0.5) is 0 Å². The Kier molecular flexibility index (Phi) is 5.55. The van der Waals surface area contributed by atoms with Crippen molar-refractivity contribution >= 4 is 25.3 Å². The molecule has 0 aliphatic rings. The van der Waals surface area contributed by atoms with Crippen molar-refractivity contribution in [3.05, 3.63) is 0 Å². The van der Waals surface area contributed by atoms with Gasteiger partial charge < -0.3 is 20.4 Å². The fourth-order valence-electron chi connectivity index (χ4n) is 0.664. The van der Waals surface area contributed by atoms with Gasteiger partial charge in [0.05, 0.1) is 10.7 Å². The minimum absolute atomic E-state index is 0.756. The van der Waals surface area contributed by atoms with Crippen molar-refractivity contribution in [2.75, 3.05) is 0 Å². The highest BCUT2D eigenvalue weighted by molar-refractivity contribution is 7.99. The zero-order valence-corrected chi connectivity index (χ0v) is 8.36. The lowest BCUT2D eigenvalue weighted by atomic mass is 10.1. The van der Waals surface area contributed by atoms with E-state index in [2.05, 4.69) is 25.3 Å². The van der Waals surface area contributed by atoms with Crippen LogP contribution < -0.4 is 0 Å². The fraction of sp³-hybridized carbons (Fsp3) is 1.00. The average molecular weight is 214 g/mol. The molecule has 2 unspecified atom stereocenters. The van der Waals surface area contributed by atoms with Gasteiger partial charge in [0, 0.05) is 0 Å². The molecule has 0 fully saturated rings. The molecule has 74 valence electrons.